The van der Waals surface area contributed by atoms with Gasteiger partial charge >= 0.3 is 125 Å². The molecular weight excluding hydrogens is 1060 g/mol. The Hall–Kier alpha value is 5.92. The maximum absolute atomic E-state index is 5.05. The van der Waals surface area contributed by atoms with Crippen LogP contribution in [0, 0.1) is 0 Å². The summed E-state index contributed by atoms with van der Waals surface area (Å²) in [5.74, 6) is 0. The predicted octanol–water partition coefficient (Wildman–Crippen LogP) is 5.54. The van der Waals surface area contributed by atoms with E-state index in [1.165, 1.54) is 0 Å². The van der Waals surface area contributed by atoms with Gasteiger partial charge in [0.15, 0.2) is 0 Å². The van der Waals surface area contributed by atoms with Crippen molar-refractivity contribution >= 4 is 125 Å². The molecule has 64 valence electrons. The quantitative estimate of drug-likeness (QED) is 0.221. The van der Waals surface area contributed by atoms with Gasteiger partial charge in [-0.15, -0.1) is 0 Å². The Labute approximate surface area is 120 Å². The molecule has 0 aromatic rings. The van der Waals surface area contributed by atoms with Crippen molar-refractivity contribution in [3.63, 3.8) is 0 Å². The van der Waals surface area contributed by atoms with Gasteiger partial charge < -0.3 is 0 Å². The van der Waals surface area contributed by atoms with Crippen LogP contribution in [-0.2, 0) is 0 Å². The second-order valence-corrected chi connectivity index (χ2v) is 203. The van der Waals surface area contributed by atoms with Crippen LogP contribution in [0.3, 0.4) is 0 Å². The third-order valence-corrected chi connectivity index (χ3v) is 0. The first kappa shape index (κ1) is 18.3. The van der Waals surface area contributed by atoms with Crippen molar-refractivity contribution in [3.05, 3.63) is 0 Å². The molecule has 0 aromatic heterocycles. The number of rotatable bonds is 0. The summed E-state index contributed by atoms with van der Waals surface area (Å²) < 4.78 is -1.40. The van der Waals surface area contributed by atoms with Crippen LogP contribution in [0.15, 0.2) is 0 Å². The number of hydrogen-bond donors (Lipinski definition) is 0. The molecule has 10 heavy (non-hydrogen) atoms. The van der Waals surface area contributed by atoms with E-state index in [1.807, 2.05) is 0 Å². The summed E-state index contributed by atoms with van der Waals surface area (Å²) in [5, 5.41) is 0. The van der Waals surface area contributed by atoms with Gasteiger partial charge in [-0.1, -0.05) is 0 Å². The van der Waals surface area contributed by atoms with Crippen LogP contribution in [0.1, 0.15) is 0 Å². The average molecular weight is 1060 g/mol. The molecule has 0 saturated carbocycles. The Kier molecular flexibility index (Phi) is 16.5. The Morgan fingerprint density at radius 3 is 0.700 bits per heavy atom. The van der Waals surface area contributed by atoms with Gasteiger partial charge in [0.05, 0.1) is 0 Å². The minimum absolute atomic E-state index is 1.40. The van der Waals surface area contributed by atoms with E-state index in [4.69, 9.17) is 33.3 Å². The molecule has 0 radical (unpaired) electrons. The van der Waals surface area contributed by atoms with E-state index in [9.17, 15) is 0 Å². The van der Waals surface area contributed by atoms with Gasteiger partial charge in [-0.2, -0.15) is 0 Å². The molecule has 0 N–H and O–H groups in total. The third-order valence-electron chi connectivity index (χ3n) is 0. The zero-order chi connectivity index (χ0) is 9.00. The van der Waals surface area contributed by atoms with E-state index in [-0.39, 0.29) is 0 Å². The Morgan fingerprint density at radius 2 is 0.700 bits per heavy atom. The molecule has 0 spiro atoms. The summed E-state index contributed by atoms with van der Waals surface area (Å²) in [5.41, 5.74) is 0. The van der Waals surface area contributed by atoms with Crippen LogP contribution in [0.4, 0.5) is 0 Å². The van der Waals surface area contributed by atoms with Crippen molar-refractivity contribution in [1.82, 2.24) is 0 Å². The summed E-state index contributed by atoms with van der Waals surface area (Å²) in [7, 11) is 20.2. The molecule has 0 unspecified atom stereocenters. The fraction of sp³-hybridized carbons (Fsp3) is 0. The van der Waals surface area contributed by atoms with Crippen LogP contribution in [0.5, 0.6) is 0 Å². The Balaban J connectivity index is 0. The Bertz CT molecular complexity index is 58.2. The summed E-state index contributed by atoms with van der Waals surface area (Å²) in [6.45, 7) is 0. The normalized spacial score (nSPS) is 12.0. The van der Waals surface area contributed by atoms with E-state index < -0.39 is 20.3 Å². The standard InChI is InChI=1S/4ClH.4HI.2Pb/h8*1H;;/q;;;;;;;;2*+4/p-8. The molecule has 0 fully saturated rings. The SMILES string of the molecule is [Cl][Pb]([Cl])([Cl])[Cl].[I][Pb]([I])([I])[I]. The first-order valence-electron chi connectivity index (χ1n) is 1.51. The Morgan fingerprint density at radius 1 is 0.700 bits per heavy atom. The monoisotopic (exact) mass is 1060 g/mol. The van der Waals surface area contributed by atoms with Gasteiger partial charge in [0.25, 0.3) is 0 Å². The van der Waals surface area contributed by atoms with E-state index in [2.05, 4.69) is 71.0 Å². The van der Waals surface area contributed by atoms with Gasteiger partial charge in [-0.3, -0.25) is 0 Å². The number of hydrogen-bond acceptors (Lipinski definition) is 0. The third kappa shape index (κ3) is 66.3. The van der Waals surface area contributed by atoms with E-state index in [0.717, 1.165) is 0 Å². The van der Waals surface area contributed by atoms with E-state index >= 15 is 0 Å². The van der Waals surface area contributed by atoms with Crippen LogP contribution in [0.2, 0.25) is 0 Å². The number of halogens is 8. The minimum atomic E-state index is -3.39. The molecule has 0 aliphatic rings. The molecule has 0 aliphatic carbocycles. The van der Waals surface area contributed by atoms with Crippen molar-refractivity contribution in [2.45, 2.75) is 0 Å². The van der Waals surface area contributed by atoms with E-state index in [1.54, 1.807) is 0 Å². The molecule has 0 saturated heterocycles. The summed E-state index contributed by atoms with van der Waals surface area (Å²) in [4.78, 5) is 0. The van der Waals surface area contributed by atoms with Crippen molar-refractivity contribution in [3.8, 4) is 0 Å². The van der Waals surface area contributed by atoms with Crippen molar-refractivity contribution < 1.29 is 0 Å². The molecule has 0 bridgehead atoms. The van der Waals surface area contributed by atoms with Gasteiger partial charge in [0.1, 0.15) is 0 Å². The van der Waals surface area contributed by atoms with Gasteiger partial charge in [0, 0.05) is 0 Å². The summed E-state index contributed by atoms with van der Waals surface area (Å²) >= 11 is 6.85. The topological polar surface area (TPSA) is 0 Å². The molecule has 0 amide bonds. The molecule has 0 atom stereocenters. The molecule has 10 heteroatoms. The fourth-order valence-corrected chi connectivity index (χ4v) is 0. The molecule has 0 nitrogen and oxygen atoms in total. The summed E-state index contributed by atoms with van der Waals surface area (Å²) in [6.07, 6.45) is 0. The van der Waals surface area contributed by atoms with Gasteiger partial charge in [-0.05, 0) is 0 Å². The molecular formula is Cl4I4Pb2. The first-order valence-corrected chi connectivity index (χ1v) is 64.4. The van der Waals surface area contributed by atoms with Crippen molar-refractivity contribution in [2.75, 3.05) is 0 Å². The summed E-state index contributed by atoms with van der Waals surface area (Å²) in [6, 6.07) is 0. The predicted molar refractivity (Wildman–Crippen MR) is 91.0 cm³/mol. The zero-order valence-electron chi connectivity index (χ0n) is 4.02. The second-order valence-electron chi connectivity index (χ2n) is 0.857. The van der Waals surface area contributed by atoms with E-state index in [0.29, 0.717) is 0 Å². The molecule has 0 aliphatic heterocycles. The van der Waals surface area contributed by atoms with Gasteiger partial charge in [0.2, 0.25) is 0 Å². The molecule has 0 rings (SSSR count). The van der Waals surface area contributed by atoms with Crippen molar-refractivity contribution in [1.29, 1.82) is 0 Å². The first-order chi connectivity index (χ1) is 4.00. The molecule has 0 aromatic carbocycles. The van der Waals surface area contributed by atoms with Crippen LogP contribution in [-0.4, -0.2) is 20.3 Å². The molecule has 0 heterocycles. The van der Waals surface area contributed by atoms with Crippen molar-refractivity contribution in [2.24, 2.45) is 0 Å². The average Bonchev–Trinajstić information content (AvgIpc) is 1.12. The van der Waals surface area contributed by atoms with Crippen LogP contribution in [0.25, 0.3) is 0 Å². The van der Waals surface area contributed by atoms with Crippen LogP contribution < -0.4 is 0 Å². The fourth-order valence-electron chi connectivity index (χ4n) is 0. The van der Waals surface area contributed by atoms with Crippen LogP contribution >= 0.6 is 104 Å². The maximum atomic E-state index is 5.05. The zero-order valence-corrected chi connectivity index (χ0v) is 23.5. The van der Waals surface area contributed by atoms with Gasteiger partial charge in [-0.25, -0.2) is 0 Å². The second kappa shape index (κ2) is 9.01.